The molecular weight excluding hydrogens is 483 g/mol. The molecule has 11 heteroatoms. The summed E-state index contributed by atoms with van der Waals surface area (Å²) in [7, 11) is 0. The molecule has 2 amide bonds. The number of halogens is 4. The summed E-state index contributed by atoms with van der Waals surface area (Å²) in [6.07, 6.45) is -2.90. The van der Waals surface area contributed by atoms with E-state index in [9.17, 15) is 23.1 Å². The Bertz CT molecular complexity index is 1270. The fraction of sp³-hybridized carbons (Fsp3) is 0.333. The van der Waals surface area contributed by atoms with E-state index in [4.69, 9.17) is 11.6 Å². The van der Waals surface area contributed by atoms with Gasteiger partial charge in [-0.1, -0.05) is 17.7 Å². The first kappa shape index (κ1) is 24.9. The standard InChI is InChI=1S/C24H23ClF3N5O2/c1-12-3-5-15(31-23(35)32-16-6-8-20(25)19(11-16)24(26,27)28)10-18(12)22-30-13(2)29-21(33-22)14-4-7-17(34)9-14/h3,5-6,8,10-11,14,17,34H,4,7,9H2,1-2H3,(H2,31,32,35). The maximum Gasteiger partial charge on any atom is 0.417 e. The van der Waals surface area contributed by atoms with Crippen molar-refractivity contribution >= 4 is 29.0 Å². The molecule has 35 heavy (non-hydrogen) atoms. The molecule has 1 saturated carbocycles. The van der Waals surface area contributed by atoms with Gasteiger partial charge >= 0.3 is 12.2 Å². The minimum Gasteiger partial charge on any atom is -0.393 e. The highest BCUT2D eigenvalue weighted by Crippen LogP contribution is 2.36. The van der Waals surface area contributed by atoms with Gasteiger partial charge in [0, 0.05) is 22.9 Å². The summed E-state index contributed by atoms with van der Waals surface area (Å²) in [5, 5.41) is 14.4. The Labute approximate surface area is 204 Å². The van der Waals surface area contributed by atoms with Crippen LogP contribution >= 0.6 is 11.6 Å². The number of alkyl halides is 3. The van der Waals surface area contributed by atoms with Crippen LogP contribution in [0, 0.1) is 13.8 Å². The average Bonchev–Trinajstić information content (AvgIpc) is 3.21. The average molecular weight is 506 g/mol. The second-order valence-electron chi connectivity index (χ2n) is 8.53. The highest BCUT2D eigenvalue weighted by Gasteiger charge is 2.33. The number of aromatic nitrogens is 3. The van der Waals surface area contributed by atoms with Gasteiger partial charge in [-0.3, -0.25) is 0 Å². The lowest BCUT2D eigenvalue weighted by atomic mass is 10.1. The zero-order valence-corrected chi connectivity index (χ0v) is 19.7. The number of aliphatic hydroxyl groups excluding tert-OH is 1. The molecule has 2 atom stereocenters. The molecule has 1 aliphatic rings. The minimum atomic E-state index is -4.64. The smallest absolute Gasteiger partial charge is 0.393 e. The molecule has 0 aliphatic heterocycles. The van der Waals surface area contributed by atoms with Crippen LogP contribution in [0.5, 0.6) is 0 Å². The van der Waals surface area contributed by atoms with Crippen molar-refractivity contribution in [2.75, 3.05) is 10.6 Å². The fourth-order valence-electron chi connectivity index (χ4n) is 4.05. The predicted molar refractivity (Wildman–Crippen MR) is 126 cm³/mol. The first-order valence-electron chi connectivity index (χ1n) is 11.0. The number of carbonyl (C=O) groups is 1. The molecule has 1 fully saturated rings. The normalized spacial score (nSPS) is 17.9. The third-order valence-corrected chi connectivity index (χ3v) is 6.13. The van der Waals surface area contributed by atoms with Crippen LogP contribution in [0.4, 0.5) is 29.3 Å². The number of benzene rings is 2. The molecule has 1 aliphatic carbocycles. The van der Waals surface area contributed by atoms with Crippen molar-refractivity contribution in [2.24, 2.45) is 0 Å². The van der Waals surface area contributed by atoms with E-state index in [1.54, 1.807) is 25.1 Å². The van der Waals surface area contributed by atoms with Crippen molar-refractivity contribution in [1.29, 1.82) is 0 Å². The van der Waals surface area contributed by atoms with Crippen LogP contribution in [0.3, 0.4) is 0 Å². The lowest BCUT2D eigenvalue weighted by Gasteiger charge is -2.14. The second-order valence-corrected chi connectivity index (χ2v) is 8.94. The van der Waals surface area contributed by atoms with Crippen LogP contribution in [0.2, 0.25) is 5.02 Å². The Balaban J connectivity index is 1.55. The Morgan fingerprint density at radius 1 is 1.03 bits per heavy atom. The van der Waals surface area contributed by atoms with Crippen molar-refractivity contribution in [1.82, 2.24) is 15.0 Å². The summed E-state index contributed by atoms with van der Waals surface area (Å²) in [6.45, 7) is 3.65. The number of aliphatic hydroxyl groups is 1. The highest BCUT2D eigenvalue weighted by molar-refractivity contribution is 6.31. The number of aryl methyl sites for hydroxylation is 2. The molecule has 3 N–H and O–H groups in total. The zero-order chi connectivity index (χ0) is 25.3. The number of carbonyl (C=O) groups excluding carboxylic acids is 1. The van der Waals surface area contributed by atoms with Gasteiger partial charge in [-0.05, 0) is 69.0 Å². The van der Waals surface area contributed by atoms with Crippen molar-refractivity contribution in [3.8, 4) is 11.4 Å². The van der Waals surface area contributed by atoms with Crippen LogP contribution in [-0.4, -0.2) is 32.2 Å². The van der Waals surface area contributed by atoms with Gasteiger partial charge in [-0.25, -0.2) is 19.7 Å². The number of urea groups is 1. The highest BCUT2D eigenvalue weighted by atomic mass is 35.5. The SMILES string of the molecule is Cc1nc(-c2cc(NC(=O)Nc3ccc(Cl)c(C(F)(F)F)c3)ccc2C)nc(C2CCC(O)C2)n1. The number of nitrogens with one attached hydrogen (secondary N) is 2. The van der Waals surface area contributed by atoms with E-state index < -0.39 is 22.8 Å². The van der Waals surface area contributed by atoms with Crippen LogP contribution in [-0.2, 0) is 6.18 Å². The molecule has 1 heterocycles. The number of nitrogens with zero attached hydrogens (tertiary/aromatic N) is 3. The summed E-state index contributed by atoms with van der Waals surface area (Å²) in [5.41, 5.74) is 0.864. The van der Waals surface area contributed by atoms with Crippen molar-refractivity contribution in [3.63, 3.8) is 0 Å². The molecular formula is C24H23ClF3N5O2. The van der Waals surface area contributed by atoms with E-state index in [0.717, 1.165) is 24.1 Å². The maximum atomic E-state index is 13.1. The van der Waals surface area contributed by atoms with Crippen LogP contribution in [0.25, 0.3) is 11.4 Å². The van der Waals surface area contributed by atoms with Gasteiger partial charge in [0.15, 0.2) is 5.82 Å². The molecule has 0 spiro atoms. The van der Waals surface area contributed by atoms with Gasteiger partial charge in [0.1, 0.15) is 11.6 Å². The van der Waals surface area contributed by atoms with E-state index in [1.807, 2.05) is 6.92 Å². The molecule has 4 rings (SSSR count). The van der Waals surface area contributed by atoms with Gasteiger partial charge in [0.2, 0.25) is 0 Å². The number of rotatable bonds is 4. The van der Waals surface area contributed by atoms with E-state index in [2.05, 4.69) is 25.6 Å². The molecule has 184 valence electrons. The Hall–Kier alpha value is -3.24. The monoisotopic (exact) mass is 505 g/mol. The predicted octanol–water partition coefficient (Wildman–Crippen LogP) is 6.10. The summed E-state index contributed by atoms with van der Waals surface area (Å²) >= 11 is 5.63. The lowest BCUT2D eigenvalue weighted by Crippen LogP contribution is -2.20. The third kappa shape index (κ3) is 5.88. The van der Waals surface area contributed by atoms with Crippen molar-refractivity contribution in [2.45, 2.75) is 51.3 Å². The summed E-state index contributed by atoms with van der Waals surface area (Å²) in [5.74, 6) is 1.68. The van der Waals surface area contributed by atoms with Gasteiger partial charge < -0.3 is 15.7 Å². The van der Waals surface area contributed by atoms with E-state index in [1.165, 1.54) is 6.07 Å². The first-order chi connectivity index (χ1) is 16.5. The van der Waals surface area contributed by atoms with Crippen molar-refractivity contribution in [3.05, 3.63) is 64.2 Å². The van der Waals surface area contributed by atoms with Crippen LogP contribution < -0.4 is 10.6 Å². The molecule has 0 radical (unpaired) electrons. The molecule has 2 unspecified atom stereocenters. The number of anilines is 2. The second kappa shape index (κ2) is 9.79. The molecule has 7 nitrogen and oxygen atoms in total. The fourth-order valence-corrected chi connectivity index (χ4v) is 4.28. The number of hydrogen-bond donors (Lipinski definition) is 3. The lowest BCUT2D eigenvalue weighted by molar-refractivity contribution is -0.137. The Morgan fingerprint density at radius 3 is 2.37 bits per heavy atom. The molecule has 0 saturated heterocycles. The van der Waals surface area contributed by atoms with Gasteiger partial charge in [-0.2, -0.15) is 13.2 Å². The van der Waals surface area contributed by atoms with Gasteiger partial charge in [-0.15, -0.1) is 0 Å². The minimum absolute atomic E-state index is 0.0527. The third-order valence-electron chi connectivity index (χ3n) is 5.80. The van der Waals surface area contributed by atoms with E-state index in [-0.39, 0.29) is 17.7 Å². The molecule has 1 aromatic heterocycles. The molecule has 0 bridgehead atoms. The van der Waals surface area contributed by atoms with Crippen LogP contribution in [0.15, 0.2) is 36.4 Å². The quantitative estimate of drug-likeness (QED) is 0.398. The zero-order valence-electron chi connectivity index (χ0n) is 18.9. The topological polar surface area (TPSA) is 100 Å². The largest absolute Gasteiger partial charge is 0.417 e. The first-order valence-corrected chi connectivity index (χ1v) is 11.3. The number of amides is 2. The summed E-state index contributed by atoms with van der Waals surface area (Å²) in [6, 6.07) is 7.57. The summed E-state index contributed by atoms with van der Waals surface area (Å²) in [4.78, 5) is 26.0. The maximum absolute atomic E-state index is 13.1. The Kier molecular flexibility index (Phi) is 6.95. The van der Waals surface area contributed by atoms with Gasteiger partial charge in [0.05, 0.1) is 16.7 Å². The Morgan fingerprint density at radius 2 is 1.71 bits per heavy atom. The molecule has 2 aromatic carbocycles. The van der Waals surface area contributed by atoms with Gasteiger partial charge in [0.25, 0.3) is 0 Å². The van der Waals surface area contributed by atoms with Crippen molar-refractivity contribution < 1.29 is 23.1 Å². The molecule has 3 aromatic rings. The van der Waals surface area contributed by atoms with Crippen LogP contribution in [0.1, 0.15) is 48.0 Å². The number of hydrogen-bond acceptors (Lipinski definition) is 5. The van der Waals surface area contributed by atoms with E-state index >= 15 is 0 Å². The van der Waals surface area contributed by atoms with E-state index in [0.29, 0.717) is 41.6 Å². The summed E-state index contributed by atoms with van der Waals surface area (Å²) < 4.78 is 39.3.